The zero-order valence-corrected chi connectivity index (χ0v) is 13.8. The van der Waals surface area contributed by atoms with Crippen LogP contribution in [0.5, 0.6) is 0 Å². The highest BCUT2D eigenvalue weighted by Gasteiger charge is 2.43. The quantitative estimate of drug-likeness (QED) is 0.879. The first-order valence-electron chi connectivity index (χ1n) is 7.21. The molecule has 2 N–H and O–H groups in total. The molecule has 1 aliphatic carbocycles. The molecule has 0 amide bonds. The van der Waals surface area contributed by atoms with E-state index in [9.17, 15) is 0 Å². The van der Waals surface area contributed by atoms with E-state index in [1.165, 1.54) is 19.3 Å². The minimum atomic E-state index is -0.0999. The fourth-order valence-electron chi connectivity index (χ4n) is 3.62. The van der Waals surface area contributed by atoms with Crippen LogP contribution in [0.25, 0.3) is 0 Å². The first-order valence-corrected chi connectivity index (χ1v) is 8.00. The Morgan fingerprint density at radius 1 is 1.37 bits per heavy atom. The van der Waals surface area contributed by atoms with Gasteiger partial charge in [-0.3, -0.25) is 4.98 Å². The van der Waals surface area contributed by atoms with Gasteiger partial charge in [-0.1, -0.05) is 33.6 Å². The van der Waals surface area contributed by atoms with Crippen LogP contribution in [0.1, 0.15) is 52.1 Å². The maximum atomic E-state index is 6.81. The summed E-state index contributed by atoms with van der Waals surface area (Å²) in [5, 5.41) is 0. The standard InChI is InChI=1S/C16H25BrN2/c1-15(2,3)14-6-4-5-9-16(14,18)10-13-8-7-12(17)11-19-13/h7-8,11,14H,4-6,9-10,18H2,1-3H3. The third-order valence-corrected chi connectivity index (χ3v) is 4.89. The van der Waals surface area contributed by atoms with Gasteiger partial charge in [-0.25, -0.2) is 0 Å². The number of nitrogens with two attached hydrogens (primary N) is 1. The Morgan fingerprint density at radius 3 is 2.68 bits per heavy atom. The predicted octanol–water partition coefficient (Wildman–Crippen LogP) is 4.32. The van der Waals surface area contributed by atoms with Gasteiger partial charge in [-0.2, -0.15) is 0 Å². The van der Waals surface area contributed by atoms with Gasteiger partial charge in [0.05, 0.1) is 0 Å². The van der Waals surface area contributed by atoms with Crippen LogP contribution in [-0.2, 0) is 6.42 Å². The van der Waals surface area contributed by atoms with Crippen molar-refractivity contribution in [1.29, 1.82) is 0 Å². The lowest BCUT2D eigenvalue weighted by molar-refractivity contribution is 0.0786. The van der Waals surface area contributed by atoms with E-state index in [0.29, 0.717) is 5.92 Å². The van der Waals surface area contributed by atoms with Crippen LogP contribution < -0.4 is 5.73 Å². The Morgan fingerprint density at radius 2 is 2.11 bits per heavy atom. The van der Waals surface area contributed by atoms with Crippen LogP contribution in [0.4, 0.5) is 0 Å². The largest absolute Gasteiger partial charge is 0.324 e. The molecule has 1 aromatic rings. The van der Waals surface area contributed by atoms with Crippen LogP contribution in [0.3, 0.4) is 0 Å². The molecule has 2 atom stereocenters. The van der Waals surface area contributed by atoms with E-state index in [0.717, 1.165) is 23.0 Å². The normalized spacial score (nSPS) is 28.4. The van der Waals surface area contributed by atoms with Gasteiger partial charge in [0.25, 0.3) is 0 Å². The Hall–Kier alpha value is -0.410. The van der Waals surface area contributed by atoms with Crippen molar-refractivity contribution in [3.63, 3.8) is 0 Å². The zero-order valence-electron chi connectivity index (χ0n) is 12.2. The highest BCUT2D eigenvalue weighted by molar-refractivity contribution is 9.10. The van der Waals surface area contributed by atoms with Crippen molar-refractivity contribution >= 4 is 15.9 Å². The van der Waals surface area contributed by atoms with Gasteiger partial charge in [0.1, 0.15) is 0 Å². The number of pyridine rings is 1. The van der Waals surface area contributed by atoms with Gasteiger partial charge in [0.2, 0.25) is 0 Å². The summed E-state index contributed by atoms with van der Waals surface area (Å²) in [6, 6.07) is 4.15. The summed E-state index contributed by atoms with van der Waals surface area (Å²) in [4.78, 5) is 4.51. The molecule has 0 aliphatic heterocycles. The smallest absolute Gasteiger partial charge is 0.0422 e. The minimum Gasteiger partial charge on any atom is -0.324 e. The number of aromatic nitrogens is 1. The van der Waals surface area contributed by atoms with Gasteiger partial charge in [0.15, 0.2) is 0 Å². The van der Waals surface area contributed by atoms with Crippen LogP contribution in [0.2, 0.25) is 0 Å². The molecule has 0 radical (unpaired) electrons. The fraction of sp³-hybridized carbons (Fsp3) is 0.688. The lowest BCUT2D eigenvalue weighted by atomic mass is 9.61. The van der Waals surface area contributed by atoms with E-state index in [1.807, 2.05) is 6.20 Å². The van der Waals surface area contributed by atoms with Crippen LogP contribution >= 0.6 is 15.9 Å². The Kier molecular flexibility index (Phi) is 4.36. The SMILES string of the molecule is CC(C)(C)C1CCCCC1(N)Cc1ccc(Br)cn1. The summed E-state index contributed by atoms with van der Waals surface area (Å²) in [6.45, 7) is 6.96. The zero-order chi connectivity index (χ0) is 14.1. The van der Waals surface area contributed by atoms with Gasteiger partial charge in [-0.15, -0.1) is 0 Å². The molecule has 19 heavy (non-hydrogen) atoms. The molecule has 1 aromatic heterocycles. The first kappa shape index (κ1) is 15.0. The Balaban J connectivity index is 2.21. The van der Waals surface area contributed by atoms with Crippen LogP contribution in [0.15, 0.2) is 22.8 Å². The van der Waals surface area contributed by atoms with Gasteiger partial charge >= 0.3 is 0 Å². The molecule has 2 rings (SSSR count). The molecular formula is C16H25BrN2. The number of nitrogens with zero attached hydrogens (tertiary/aromatic N) is 1. The second-order valence-corrected chi connectivity index (χ2v) is 7.96. The van der Waals surface area contributed by atoms with Crippen molar-refractivity contribution in [1.82, 2.24) is 4.98 Å². The van der Waals surface area contributed by atoms with E-state index >= 15 is 0 Å². The minimum absolute atomic E-state index is 0.0999. The van der Waals surface area contributed by atoms with Crippen LogP contribution in [0, 0.1) is 11.3 Å². The Labute approximate surface area is 125 Å². The summed E-state index contributed by atoms with van der Waals surface area (Å²) in [5.41, 5.74) is 8.09. The number of halogens is 1. The molecule has 2 nitrogen and oxygen atoms in total. The number of hydrogen-bond donors (Lipinski definition) is 1. The van der Waals surface area contributed by atoms with E-state index in [-0.39, 0.29) is 11.0 Å². The third kappa shape index (κ3) is 3.57. The first-order chi connectivity index (χ1) is 8.81. The molecule has 2 unspecified atom stereocenters. The molecule has 1 aliphatic rings. The van der Waals surface area contributed by atoms with Gasteiger partial charge in [-0.05, 0) is 52.2 Å². The molecule has 0 aromatic carbocycles. The van der Waals surface area contributed by atoms with E-state index in [2.05, 4.69) is 53.8 Å². The lowest BCUT2D eigenvalue weighted by Crippen LogP contribution is -2.55. The second kappa shape index (κ2) is 5.53. The highest BCUT2D eigenvalue weighted by atomic mass is 79.9. The average molecular weight is 325 g/mol. The maximum absolute atomic E-state index is 6.81. The van der Waals surface area contributed by atoms with Gasteiger partial charge in [0, 0.05) is 28.3 Å². The molecule has 1 fully saturated rings. The summed E-state index contributed by atoms with van der Waals surface area (Å²) < 4.78 is 1.03. The summed E-state index contributed by atoms with van der Waals surface area (Å²) in [5.74, 6) is 0.569. The van der Waals surface area contributed by atoms with Crippen molar-refractivity contribution in [3.8, 4) is 0 Å². The monoisotopic (exact) mass is 324 g/mol. The average Bonchev–Trinajstić information content (AvgIpc) is 2.31. The lowest BCUT2D eigenvalue weighted by Gasteiger charge is -2.48. The third-order valence-electron chi connectivity index (χ3n) is 4.42. The number of rotatable bonds is 2. The highest BCUT2D eigenvalue weighted by Crippen LogP contribution is 2.44. The van der Waals surface area contributed by atoms with Crippen molar-refractivity contribution in [3.05, 3.63) is 28.5 Å². The topological polar surface area (TPSA) is 38.9 Å². The van der Waals surface area contributed by atoms with Crippen molar-refractivity contribution < 1.29 is 0 Å². The molecule has 3 heteroatoms. The van der Waals surface area contributed by atoms with Crippen molar-refractivity contribution in [2.45, 2.75) is 58.4 Å². The number of hydrogen-bond acceptors (Lipinski definition) is 2. The molecule has 0 bridgehead atoms. The fourth-order valence-corrected chi connectivity index (χ4v) is 3.85. The Bertz CT molecular complexity index is 421. The van der Waals surface area contributed by atoms with E-state index in [1.54, 1.807) is 0 Å². The summed E-state index contributed by atoms with van der Waals surface area (Å²) in [7, 11) is 0. The van der Waals surface area contributed by atoms with Crippen LogP contribution in [-0.4, -0.2) is 10.5 Å². The predicted molar refractivity (Wildman–Crippen MR) is 84.0 cm³/mol. The van der Waals surface area contributed by atoms with E-state index < -0.39 is 0 Å². The molecule has 106 valence electrons. The van der Waals surface area contributed by atoms with E-state index in [4.69, 9.17) is 5.73 Å². The molecule has 1 saturated carbocycles. The molecule has 0 spiro atoms. The maximum Gasteiger partial charge on any atom is 0.0422 e. The van der Waals surface area contributed by atoms with Crippen molar-refractivity contribution in [2.75, 3.05) is 0 Å². The summed E-state index contributed by atoms with van der Waals surface area (Å²) in [6.07, 6.45) is 7.69. The molecule has 0 saturated heterocycles. The molecule has 1 heterocycles. The molecular weight excluding hydrogens is 300 g/mol. The van der Waals surface area contributed by atoms with Gasteiger partial charge < -0.3 is 5.73 Å². The summed E-state index contributed by atoms with van der Waals surface area (Å²) >= 11 is 3.43. The second-order valence-electron chi connectivity index (χ2n) is 7.04. The van der Waals surface area contributed by atoms with Crippen molar-refractivity contribution in [2.24, 2.45) is 17.1 Å².